The standard InChI is InChI=1S/C10H10N2O2S2/c1-5-3-7(13)8(14)4-9(5)16-10-12-11-6(2)15-10/h3-4,13-14H,1-2H3. The zero-order valence-corrected chi connectivity index (χ0v) is 10.4. The topological polar surface area (TPSA) is 66.2 Å². The minimum Gasteiger partial charge on any atom is -0.504 e. The first-order valence-electron chi connectivity index (χ1n) is 4.57. The van der Waals surface area contributed by atoms with Gasteiger partial charge >= 0.3 is 0 Å². The molecule has 6 heteroatoms. The van der Waals surface area contributed by atoms with Crippen LogP contribution in [0, 0.1) is 13.8 Å². The second-order valence-electron chi connectivity index (χ2n) is 3.30. The van der Waals surface area contributed by atoms with E-state index in [-0.39, 0.29) is 11.5 Å². The molecule has 1 aromatic carbocycles. The SMILES string of the molecule is Cc1nnc(Sc2cc(O)c(O)cc2C)s1. The summed E-state index contributed by atoms with van der Waals surface area (Å²) < 4.78 is 0.825. The Morgan fingerprint density at radius 3 is 2.44 bits per heavy atom. The Balaban J connectivity index is 2.31. The third-order valence-corrected chi connectivity index (χ3v) is 4.03. The van der Waals surface area contributed by atoms with Crippen molar-refractivity contribution in [3.8, 4) is 11.5 Å². The Labute approximate surface area is 101 Å². The van der Waals surface area contributed by atoms with Crippen LogP contribution in [0.1, 0.15) is 10.6 Å². The number of phenols is 2. The molecule has 4 nitrogen and oxygen atoms in total. The molecule has 2 rings (SSSR count). The van der Waals surface area contributed by atoms with Gasteiger partial charge in [0.2, 0.25) is 0 Å². The Bertz CT molecular complexity index is 526. The summed E-state index contributed by atoms with van der Waals surface area (Å²) in [5, 5.41) is 27.5. The molecule has 0 radical (unpaired) electrons. The lowest BCUT2D eigenvalue weighted by molar-refractivity contribution is 0.402. The zero-order chi connectivity index (χ0) is 11.7. The third-order valence-electron chi connectivity index (χ3n) is 1.98. The predicted molar refractivity (Wildman–Crippen MR) is 63.3 cm³/mol. The average Bonchev–Trinajstić information content (AvgIpc) is 2.60. The van der Waals surface area contributed by atoms with E-state index in [9.17, 15) is 10.2 Å². The van der Waals surface area contributed by atoms with E-state index in [2.05, 4.69) is 10.2 Å². The number of aromatic hydroxyl groups is 2. The molecule has 0 bridgehead atoms. The fraction of sp³-hybridized carbons (Fsp3) is 0.200. The van der Waals surface area contributed by atoms with Gasteiger partial charge in [0.05, 0.1) is 0 Å². The van der Waals surface area contributed by atoms with E-state index in [4.69, 9.17) is 0 Å². The van der Waals surface area contributed by atoms with Gasteiger partial charge in [-0.25, -0.2) is 0 Å². The highest BCUT2D eigenvalue weighted by atomic mass is 32.2. The molecule has 0 fully saturated rings. The number of rotatable bonds is 2. The molecule has 0 saturated heterocycles. The van der Waals surface area contributed by atoms with Crippen LogP contribution in [0.4, 0.5) is 0 Å². The first kappa shape index (κ1) is 11.2. The van der Waals surface area contributed by atoms with E-state index in [1.807, 2.05) is 13.8 Å². The summed E-state index contributed by atoms with van der Waals surface area (Å²) in [6, 6.07) is 3.07. The van der Waals surface area contributed by atoms with E-state index in [0.29, 0.717) is 0 Å². The first-order valence-corrected chi connectivity index (χ1v) is 6.20. The summed E-state index contributed by atoms with van der Waals surface area (Å²) in [5.74, 6) is -0.218. The van der Waals surface area contributed by atoms with Gasteiger partial charge in [0.1, 0.15) is 5.01 Å². The summed E-state index contributed by atoms with van der Waals surface area (Å²) >= 11 is 2.93. The lowest BCUT2D eigenvalue weighted by Crippen LogP contribution is -1.80. The molecule has 2 aromatic rings. The predicted octanol–water partition coefficient (Wildman–Crippen LogP) is 2.72. The molecule has 0 amide bonds. The molecule has 0 aliphatic carbocycles. The number of aromatic nitrogens is 2. The molecule has 0 saturated carbocycles. The van der Waals surface area contributed by atoms with Gasteiger partial charge in [-0.2, -0.15) is 0 Å². The molecule has 0 atom stereocenters. The number of nitrogens with zero attached hydrogens (tertiary/aromatic N) is 2. The van der Waals surface area contributed by atoms with Crippen LogP contribution < -0.4 is 0 Å². The van der Waals surface area contributed by atoms with E-state index in [1.165, 1.54) is 35.2 Å². The molecule has 16 heavy (non-hydrogen) atoms. The van der Waals surface area contributed by atoms with Gasteiger partial charge in [-0.05, 0) is 31.5 Å². The number of hydrogen-bond acceptors (Lipinski definition) is 6. The number of hydrogen-bond donors (Lipinski definition) is 2. The Morgan fingerprint density at radius 1 is 1.12 bits per heavy atom. The van der Waals surface area contributed by atoms with Crippen molar-refractivity contribution in [3.63, 3.8) is 0 Å². The average molecular weight is 254 g/mol. The van der Waals surface area contributed by atoms with E-state index in [1.54, 1.807) is 0 Å². The Morgan fingerprint density at radius 2 is 1.81 bits per heavy atom. The second-order valence-corrected chi connectivity index (χ2v) is 5.77. The molecular weight excluding hydrogens is 244 g/mol. The largest absolute Gasteiger partial charge is 0.504 e. The summed E-state index contributed by atoms with van der Waals surface area (Å²) in [6.07, 6.45) is 0. The van der Waals surface area contributed by atoms with Crippen molar-refractivity contribution in [2.75, 3.05) is 0 Å². The van der Waals surface area contributed by atoms with Crippen molar-refractivity contribution in [1.82, 2.24) is 10.2 Å². The van der Waals surface area contributed by atoms with Crippen molar-refractivity contribution in [2.24, 2.45) is 0 Å². The summed E-state index contributed by atoms with van der Waals surface area (Å²) in [6.45, 7) is 3.76. The smallest absolute Gasteiger partial charge is 0.179 e. The molecule has 1 heterocycles. The van der Waals surface area contributed by atoms with Gasteiger partial charge < -0.3 is 10.2 Å². The van der Waals surface area contributed by atoms with Gasteiger partial charge in [-0.1, -0.05) is 23.1 Å². The molecule has 0 unspecified atom stereocenters. The van der Waals surface area contributed by atoms with Gasteiger partial charge in [0.15, 0.2) is 15.8 Å². The molecule has 0 aliphatic rings. The Hall–Kier alpha value is -1.27. The van der Waals surface area contributed by atoms with Gasteiger partial charge in [-0.15, -0.1) is 10.2 Å². The van der Waals surface area contributed by atoms with E-state index in [0.717, 1.165) is 19.8 Å². The van der Waals surface area contributed by atoms with E-state index < -0.39 is 0 Å². The van der Waals surface area contributed by atoms with Crippen LogP contribution in [0.5, 0.6) is 11.5 Å². The lowest BCUT2D eigenvalue weighted by atomic mass is 10.2. The molecule has 2 N–H and O–H groups in total. The highest BCUT2D eigenvalue weighted by molar-refractivity contribution is 8.01. The van der Waals surface area contributed by atoms with Crippen molar-refractivity contribution in [1.29, 1.82) is 0 Å². The highest BCUT2D eigenvalue weighted by Gasteiger charge is 2.09. The minimum atomic E-state index is -0.116. The van der Waals surface area contributed by atoms with Gasteiger partial charge in [0, 0.05) is 4.90 Å². The highest BCUT2D eigenvalue weighted by Crippen LogP contribution is 2.37. The third kappa shape index (κ3) is 2.28. The maximum atomic E-state index is 9.41. The van der Waals surface area contributed by atoms with Crippen LogP contribution in [-0.2, 0) is 0 Å². The summed E-state index contributed by atoms with van der Waals surface area (Å²) in [7, 11) is 0. The maximum absolute atomic E-state index is 9.41. The number of aryl methyl sites for hydroxylation is 2. The fourth-order valence-electron chi connectivity index (χ4n) is 1.19. The maximum Gasteiger partial charge on any atom is 0.179 e. The van der Waals surface area contributed by atoms with Crippen molar-refractivity contribution in [2.45, 2.75) is 23.1 Å². The monoisotopic (exact) mass is 254 g/mol. The lowest BCUT2D eigenvalue weighted by Gasteiger charge is -2.05. The number of benzene rings is 1. The molecule has 0 aliphatic heterocycles. The molecule has 84 valence electrons. The summed E-state index contributed by atoms with van der Waals surface area (Å²) in [5.41, 5.74) is 0.896. The summed E-state index contributed by atoms with van der Waals surface area (Å²) in [4.78, 5) is 0.867. The van der Waals surface area contributed by atoms with Gasteiger partial charge in [-0.3, -0.25) is 0 Å². The van der Waals surface area contributed by atoms with Crippen LogP contribution in [0.25, 0.3) is 0 Å². The van der Waals surface area contributed by atoms with Crippen molar-refractivity contribution in [3.05, 3.63) is 22.7 Å². The van der Waals surface area contributed by atoms with Crippen molar-refractivity contribution >= 4 is 23.1 Å². The van der Waals surface area contributed by atoms with Crippen LogP contribution in [-0.4, -0.2) is 20.4 Å². The minimum absolute atomic E-state index is 0.102. The fourth-order valence-corrected chi connectivity index (χ4v) is 3.06. The molecular formula is C10H10N2O2S2. The Kier molecular flexibility index (Phi) is 3.02. The van der Waals surface area contributed by atoms with E-state index >= 15 is 0 Å². The molecule has 1 aromatic heterocycles. The van der Waals surface area contributed by atoms with Crippen LogP contribution in [0.15, 0.2) is 21.4 Å². The molecule has 0 spiro atoms. The first-order chi connectivity index (χ1) is 7.56. The van der Waals surface area contributed by atoms with Gasteiger partial charge in [0.25, 0.3) is 0 Å². The van der Waals surface area contributed by atoms with Crippen LogP contribution >= 0.6 is 23.1 Å². The quantitative estimate of drug-likeness (QED) is 0.807. The zero-order valence-electron chi connectivity index (χ0n) is 8.76. The number of phenolic OH excluding ortho intramolecular Hbond substituents is 2. The van der Waals surface area contributed by atoms with Crippen molar-refractivity contribution < 1.29 is 10.2 Å². The normalized spacial score (nSPS) is 10.6. The van der Waals surface area contributed by atoms with Crippen LogP contribution in [0.2, 0.25) is 0 Å². The van der Waals surface area contributed by atoms with Crippen LogP contribution in [0.3, 0.4) is 0 Å². The second kappa shape index (κ2) is 4.31.